The van der Waals surface area contributed by atoms with Gasteiger partial charge in [0.1, 0.15) is 18.2 Å². The molecule has 0 unspecified atom stereocenters. The Hall–Kier alpha value is -2.30. The molecule has 3 rings (SSSR count). The van der Waals surface area contributed by atoms with Gasteiger partial charge in [-0.25, -0.2) is 4.98 Å². The van der Waals surface area contributed by atoms with Crippen LogP contribution in [0.15, 0.2) is 54.6 Å². The monoisotopic (exact) mass is 314 g/mol. The summed E-state index contributed by atoms with van der Waals surface area (Å²) in [6, 6.07) is 17.1. The average molecular weight is 315 g/mol. The maximum Gasteiger partial charge on any atom is 0.131 e. The van der Waals surface area contributed by atoms with Crippen molar-refractivity contribution in [1.82, 2.24) is 4.98 Å². The summed E-state index contributed by atoms with van der Waals surface area (Å²) < 4.78 is 5.32. The third-order valence-electron chi connectivity index (χ3n) is 3.16. The molecule has 112 valence electrons. The number of aromatic nitrogens is 1. The number of hydrogen-bond donors (Lipinski definition) is 2. The van der Waals surface area contributed by atoms with Crippen LogP contribution in [0.1, 0.15) is 0 Å². The second-order valence-electron chi connectivity index (χ2n) is 4.73. The van der Waals surface area contributed by atoms with E-state index in [2.05, 4.69) is 10.3 Å². The zero-order chi connectivity index (χ0) is 15.4. The molecule has 1 heterocycles. The fourth-order valence-electron chi connectivity index (χ4n) is 2.13. The number of anilines is 2. The highest BCUT2D eigenvalue weighted by atomic mass is 35.5. The molecule has 0 aliphatic heterocycles. The van der Waals surface area contributed by atoms with E-state index in [9.17, 15) is 0 Å². The smallest absolute Gasteiger partial charge is 0.131 e. The van der Waals surface area contributed by atoms with E-state index in [0.717, 1.165) is 22.4 Å². The molecule has 0 radical (unpaired) electrons. The van der Waals surface area contributed by atoms with Crippen LogP contribution in [0.2, 0.25) is 5.02 Å². The van der Waals surface area contributed by atoms with Gasteiger partial charge in [-0.3, -0.25) is 0 Å². The molecule has 0 saturated heterocycles. The Morgan fingerprint density at radius 3 is 2.64 bits per heavy atom. The molecule has 0 spiro atoms. The van der Waals surface area contributed by atoms with Crippen LogP contribution in [-0.4, -0.2) is 23.3 Å². The van der Waals surface area contributed by atoms with Crippen molar-refractivity contribution in [3.63, 3.8) is 0 Å². The van der Waals surface area contributed by atoms with Crippen molar-refractivity contribution in [2.24, 2.45) is 0 Å². The summed E-state index contributed by atoms with van der Waals surface area (Å²) in [6.45, 7) is 0.291. The summed E-state index contributed by atoms with van der Waals surface area (Å²) in [4.78, 5) is 4.53. The van der Waals surface area contributed by atoms with Crippen LogP contribution in [0.25, 0.3) is 10.9 Å². The van der Waals surface area contributed by atoms with E-state index in [1.54, 1.807) is 0 Å². The van der Waals surface area contributed by atoms with Gasteiger partial charge < -0.3 is 15.2 Å². The predicted molar refractivity (Wildman–Crippen MR) is 89.1 cm³/mol. The van der Waals surface area contributed by atoms with Gasteiger partial charge in [0.25, 0.3) is 0 Å². The summed E-state index contributed by atoms with van der Waals surface area (Å²) in [7, 11) is 0. The Labute approximate surface area is 133 Å². The molecule has 0 bridgehead atoms. The summed E-state index contributed by atoms with van der Waals surface area (Å²) >= 11 is 6.17. The van der Waals surface area contributed by atoms with Crippen molar-refractivity contribution < 1.29 is 9.84 Å². The predicted octanol–water partition coefficient (Wildman–Crippen LogP) is 4.00. The van der Waals surface area contributed by atoms with Crippen molar-refractivity contribution in [3.05, 3.63) is 59.6 Å². The molecule has 0 saturated carbocycles. The van der Waals surface area contributed by atoms with Gasteiger partial charge in [0, 0.05) is 11.1 Å². The topological polar surface area (TPSA) is 54.4 Å². The number of pyridine rings is 1. The van der Waals surface area contributed by atoms with E-state index in [4.69, 9.17) is 21.4 Å². The van der Waals surface area contributed by atoms with Gasteiger partial charge in [0.2, 0.25) is 0 Å². The van der Waals surface area contributed by atoms with Crippen molar-refractivity contribution in [2.45, 2.75) is 0 Å². The number of aliphatic hydroxyl groups excluding tert-OH is 1. The van der Waals surface area contributed by atoms with E-state index in [0.29, 0.717) is 10.8 Å². The van der Waals surface area contributed by atoms with Crippen molar-refractivity contribution in [2.75, 3.05) is 18.5 Å². The lowest BCUT2D eigenvalue weighted by atomic mass is 10.2. The summed E-state index contributed by atoms with van der Waals surface area (Å²) in [5, 5.41) is 13.6. The van der Waals surface area contributed by atoms with Crippen LogP contribution in [0.3, 0.4) is 0 Å². The van der Waals surface area contributed by atoms with E-state index < -0.39 is 0 Å². The molecule has 22 heavy (non-hydrogen) atoms. The van der Waals surface area contributed by atoms with Crippen LogP contribution in [0.5, 0.6) is 5.75 Å². The molecule has 1 aromatic heterocycles. The molecule has 0 amide bonds. The van der Waals surface area contributed by atoms with Gasteiger partial charge in [-0.05, 0) is 42.5 Å². The second-order valence-corrected chi connectivity index (χ2v) is 5.14. The minimum Gasteiger partial charge on any atom is -0.491 e. The zero-order valence-corrected chi connectivity index (χ0v) is 12.5. The van der Waals surface area contributed by atoms with Gasteiger partial charge >= 0.3 is 0 Å². The molecule has 0 aliphatic rings. The normalized spacial score (nSPS) is 10.6. The first-order chi connectivity index (χ1) is 10.8. The quantitative estimate of drug-likeness (QED) is 0.747. The van der Waals surface area contributed by atoms with Gasteiger partial charge in [-0.1, -0.05) is 23.7 Å². The highest BCUT2D eigenvalue weighted by Crippen LogP contribution is 2.25. The summed E-state index contributed by atoms with van der Waals surface area (Å²) in [5.74, 6) is 1.44. The molecule has 3 aromatic rings. The Morgan fingerprint density at radius 1 is 1.05 bits per heavy atom. The van der Waals surface area contributed by atoms with Crippen molar-refractivity contribution >= 4 is 34.0 Å². The molecular weight excluding hydrogens is 300 g/mol. The maximum absolute atomic E-state index is 8.73. The number of halogens is 1. The molecular formula is C17H15ClN2O2. The van der Waals surface area contributed by atoms with Crippen molar-refractivity contribution in [1.29, 1.82) is 0 Å². The Bertz CT molecular complexity index is 775. The minimum atomic E-state index is 0.00176. The third kappa shape index (κ3) is 3.30. The number of nitrogens with zero attached hydrogens (tertiary/aromatic N) is 1. The van der Waals surface area contributed by atoms with Gasteiger partial charge in [-0.15, -0.1) is 0 Å². The van der Waals surface area contributed by atoms with E-state index in [1.165, 1.54) is 0 Å². The molecule has 0 aliphatic carbocycles. The van der Waals surface area contributed by atoms with Crippen LogP contribution >= 0.6 is 11.6 Å². The molecule has 0 atom stereocenters. The SMILES string of the molecule is OCCOc1ccc(Nc2ccc3cccc(Cl)c3n2)cc1. The first-order valence-corrected chi connectivity index (χ1v) is 7.30. The van der Waals surface area contributed by atoms with Crippen LogP contribution in [0, 0.1) is 0 Å². The largest absolute Gasteiger partial charge is 0.491 e. The lowest BCUT2D eigenvalue weighted by Crippen LogP contribution is -2.01. The maximum atomic E-state index is 8.73. The van der Waals surface area contributed by atoms with Crippen LogP contribution < -0.4 is 10.1 Å². The Morgan fingerprint density at radius 2 is 1.86 bits per heavy atom. The number of hydrogen-bond acceptors (Lipinski definition) is 4. The Balaban J connectivity index is 1.79. The number of aliphatic hydroxyl groups is 1. The molecule has 4 nitrogen and oxygen atoms in total. The van der Waals surface area contributed by atoms with E-state index in [-0.39, 0.29) is 13.2 Å². The van der Waals surface area contributed by atoms with Gasteiger partial charge in [0.15, 0.2) is 0 Å². The second kappa shape index (κ2) is 6.64. The first kappa shape index (κ1) is 14.6. The van der Waals surface area contributed by atoms with Crippen molar-refractivity contribution in [3.8, 4) is 5.75 Å². The van der Waals surface area contributed by atoms with Crippen LogP contribution in [0.4, 0.5) is 11.5 Å². The summed E-state index contributed by atoms with van der Waals surface area (Å²) in [5.41, 5.74) is 1.67. The molecule has 2 aromatic carbocycles. The fraction of sp³-hybridized carbons (Fsp3) is 0.118. The van der Waals surface area contributed by atoms with E-state index >= 15 is 0 Å². The standard InChI is InChI=1S/C17H15ClN2O2/c18-15-3-1-2-12-4-9-16(20-17(12)15)19-13-5-7-14(8-6-13)22-11-10-21/h1-9,21H,10-11H2,(H,19,20). The minimum absolute atomic E-state index is 0.00176. The first-order valence-electron chi connectivity index (χ1n) is 6.92. The van der Waals surface area contributed by atoms with Crippen LogP contribution in [-0.2, 0) is 0 Å². The number of para-hydroxylation sites is 1. The highest BCUT2D eigenvalue weighted by Gasteiger charge is 2.03. The number of ether oxygens (including phenoxy) is 1. The fourth-order valence-corrected chi connectivity index (χ4v) is 2.35. The molecule has 0 fully saturated rings. The number of rotatable bonds is 5. The van der Waals surface area contributed by atoms with E-state index in [1.807, 2.05) is 54.6 Å². The Kier molecular flexibility index (Phi) is 4.42. The van der Waals surface area contributed by atoms with Gasteiger partial charge in [0.05, 0.1) is 17.1 Å². The lowest BCUT2D eigenvalue weighted by Gasteiger charge is -2.09. The number of fused-ring (bicyclic) bond motifs is 1. The highest BCUT2D eigenvalue weighted by molar-refractivity contribution is 6.35. The number of benzene rings is 2. The zero-order valence-electron chi connectivity index (χ0n) is 11.8. The number of nitrogens with one attached hydrogen (secondary N) is 1. The van der Waals surface area contributed by atoms with Gasteiger partial charge in [-0.2, -0.15) is 0 Å². The lowest BCUT2D eigenvalue weighted by molar-refractivity contribution is 0.201. The molecule has 5 heteroatoms. The average Bonchev–Trinajstić information content (AvgIpc) is 2.55. The summed E-state index contributed by atoms with van der Waals surface area (Å²) in [6.07, 6.45) is 0. The molecule has 2 N–H and O–H groups in total. The third-order valence-corrected chi connectivity index (χ3v) is 3.46.